The molecule has 0 saturated carbocycles. The number of hydrogen-bond acceptors (Lipinski definition) is 5. The molecule has 0 N–H and O–H groups in total. The molecule has 2 heterocycles. The number of benzene rings is 3. The topological polar surface area (TPSA) is 75.5 Å². The van der Waals surface area contributed by atoms with E-state index in [0.29, 0.717) is 31.0 Å². The summed E-state index contributed by atoms with van der Waals surface area (Å²) in [5, 5.41) is 9.87. The van der Waals surface area contributed by atoms with Crippen LogP contribution in [-0.4, -0.2) is 22.5 Å². The van der Waals surface area contributed by atoms with Crippen LogP contribution in [-0.2, 0) is 30.9 Å². The molecule has 35 heavy (non-hydrogen) atoms. The molecule has 5 rings (SSSR count). The first-order valence-electron chi connectivity index (χ1n) is 11.3. The molecule has 1 amide bonds. The van der Waals surface area contributed by atoms with Crippen LogP contribution in [0.25, 0.3) is 10.9 Å². The molecule has 174 valence electrons. The molecular weight excluding hydrogens is 445 g/mol. The Morgan fingerprint density at radius 3 is 2.69 bits per heavy atom. The number of fused-ring (bicyclic) bond motifs is 3. The Labute approximate surface area is 202 Å². The van der Waals surface area contributed by atoms with Gasteiger partial charge in [-0.1, -0.05) is 48.5 Å². The first-order valence-corrected chi connectivity index (χ1v) is 11.3. The average Bonchev–Trinajstić information content (AvgIpc) is 2.91. The van der Waals surface area contributed by atoms with Crippen LogP contribution in [0.5, 0.6) is 5.88 Å². The third-order valence-corrected chi connectivity index (χ3v) is 6.05. The summed E-state index contributed by atoms with van der Waals surface area (Å²) in [6.07, 6.45) is 0.308. The maximum atomic E-state index is 14.2. The van der Waals surface area contributed by atoms with Gasteiger partial charge in [-0.25, -0.2) is 14.2 Å². The predicted octanol–water partition coefficient (Wildman–Crippen LogP) is 5.52. The number of ether oxygens (including phenoxy) is 2. The van der Waals surface area contributed by atoms with Gasteiger partial charge in [-0.2, -0.15) is 5.26 Å². The van der Waals surface area contributed by atoms with Crippen LogP contribution in [0.3, 0.4) is 0 Å². The van der Waals surface area contributed by atoms with Crippen molar-refractivity contribution in [1.82, 2.24) is 9.88 Å². The molecule has 0 unspecified atom stereocenters. The lowest BCUT2D eigenvalue weighted by Crippen LogP contribution is -2.36. The first kappa shape index (κ1) is 22.4. The van der Waals surface area contributed by atoms with Crippen LogP contribution >= 0.6 is 0 Å². The van der Waals surface area contributed by atoms with Crippen molar-refractivity contribution in [3.8, 4) is 11.9 Å². The summed E-state index contributed by atoms with van der Waals surface area (Å²) in [7, 11) is 0. The summed E-state index contributed by atoms with van der Waals surface area (Å²) in [5.41, 5.74) is 4.47. The number of hydrogen-bond donors (Lipinski definition) is 0. The lowest BCUT2D eigenvalue weighted by molar-refractivity contribution is 0.0919. The Balaban J connectivity index is 1.29. The van der Waals surface area contributed by atoms with Gasteiger partial charge in [0.1, 0.15) is 19.0 Å². The van der Waals surface area contributed by atoms with E-state index in [1.807, 2.05) is 54.6 Å². The Morgan fingerprint density at radius 2 is 1.89 bits per heavy atom. The molecule has 0 spiro atoms. The highest BCUT2D eigenvalue weighted by atomic mass is 19.1. The fraction of sp³-hybridized carbons (Fsp3) is 0.179. The monoisotopic (exact) mass is 467 g/mol. The average molecular weight is 468 g/mol. The van der Waals surface area contributed by atoms with Gasteiger partial charge in [-0.05, 0) is 41.3 Å². The van der Waals surface area contributed by atoms with Gasteiger partial charge in [0.05, 0.1) is 17.1 Å². The second-order valence-electron chi connectivity index (χ2n) is 8.34. The maximum absolute atomic E-state index is 14.2. The number of nitrogens with zero attached hydrogens (tertiary/aromatic N) is 3. The predicted molar refractivity (Wildman–Crippen MR) is 128 cm³/mol. The first-order chi connectivity index (χ1) is 17.1. The van der Waals surface area contributed by atoms with Gasteiger partial charge >= 0.3 is 6.09 Å². The molecule has 1 aromatic heterocycles. The Morgan fingerprint density at radius 1 is 1.06 bits per heavy atom. The van der Waals surface area contributed by atoms with E-state index in [0.717, 1.165) is 27.6 Å². The van der Waals surface area contributed by atoms with E-state index in [2.05, 4.69) is 4.98 Å². The van der Waals surface area contributed by atoms with Gasteiger partial charge in [0.15, 0.2) is 0 Å². The van der Waals surface area contributed by atoms with E-state index in [1.165, 1.54) is 6.07 Å². The highest BCUT2D eigenvalue weighted by molar-refractivity contribution is 5.84. The van der Waals surface area contributed by atoms with E-state index < -0.39 is 5.82 Å². The lowest BCUT2D eigenvalue weighted by Gasteiger charge is -2.28. The summed E-state index contributed by atoms with van der Waals surface area (Å²) in [4.78, 5) is 19.0. The molecule has 0 fully saturated rings. The van der Waals surface area contributed by atoms with Crippen molar-refractivity contribution in [1.29, 1.82) is 5.26 Å². The second kappa shape index (κ2) is 9.82. The van der Waals surface area contributed by atoms with E-state index in [9.17, 15) is 9.18 Å². The van der Waals surface area contributed by atoms with Gasteiger partial charge in [-0.15, -0.1) is 0 Å². The van der Waals surface area contributed by atoms with Crippen molar-refractivity contribution >= 4 is 17.0 Å². The molecule has 0 saturated heterocycles. The standard InChI is InChI=1S/C28H22FN3O3/c29-25-14-20(15-30)6-7-23(25)18-34-26-11-10-21-8-9-22-16-32(13-12-24(22)27(21)31-26)28(33)35-17-19-4-2-1-3-5-19/h1-11,14H,12-13,16-18H2. The normalized spacial score (nSPS) is 12.6. The maximum Gasteiger partial charge on any atom is 0.410 e. The zero-order valence-electron chi connectivity index (χ0n) is 18.9. The SMILES string of the molecule is N#Cc1ccc(COc2ccc3ccc4c(c3n2)CCN(C(=O)OCc2ccccc2)C4)c(F)c1. The highest BCUT2D eigenvalue weighted by Crippen LogP contribution is 2.28. The summed E-state index contributed by atoms with van der Waals surface area (Å²) in [5.74, 6) is -0.0965. The lowest BCUT2D eigenvalue weighted by atomic mass is 9.96. The summed E-state index contributed by atoms with van der Waals surface area (Å²) in [6, 6.07) is 23.5. The van der Waals surface area contributed by atoms with Crippen LogP contribution in [0.1, 0.15) is 27.8 Å². The number of carbonyl (C=O) groups excluding carboxylic acids is 1. The van der Waals surface area contributed by atoms with Crippen molar-refractivity contribution in [2.75, 3.05) is 6.54 Å². The van der Waals surface area contributed by atoms with Crippen molar-refractivity contribution in [2.45, 2.75) is 26.2 Å². The molecule has 0 radical (unpaired) electrons. The highest BCUT2D eigenvalue weighted by Gasteiger charge is 2.24. The van der Waals surface area contributed by atoms with Crippen LogP contribution in [0.4, 0.5) is 9.18 Å². The number of aromatic nitrogens is 1. The van der Waals surface area contributed by atoms with Crippen molar-refractivity contribution in [2.24, 2.45) is 0 Å². The fourth-order valence-corrected chi connectivity index (χ4v) is 4.16. The zero-order chi connectivity index (χ0) is 24.2. The number of nitriles is 1. The number of rotatable bonds is 5. The molecule has 0 aliphatic carbocycles. The molecule has 0 bridgehead atoms. The van der Waals surface area contributed by atoms with Crippen molar-refractivity contribution < 1.29 is 18.7 Å². The quantitative estimate of drug-likeness (QED) is 0.386. The molecular formula is C28H22FN3O3. The molecule has 7 heteroatoms. The summed E-state index contributed by atoms with van der Waals surface area (Å²) in [6.45, 7) is 1.22. The molecule has 3 aromatic carbocycles. The van der Waals surface area contributed by atoms with E-state index in [1.54, 1.807) is 23.1 Å². The summed E-state index contributed by atoms with van der Waals surface area (Å²) < 4.78 is 25.4. The molecule has 0 atom stereocenters. The van der Waals surface area contributed by atoms with Gasteiger partial charge in [-0.3, -0.25) is 0 Å². The number of halogens is 1. The molecule has 1 aliphatic rings. The van der Waals surface area contributed by atoms with E-state index in [-0.39, 0.29) is 24.9 Å². The summed E-state index contributed by atoms with van der Waals surface area (Å²) >= 11 is 0. The Kier molecular flexibility index (Phi) is 6.27. The number of carbonyl (C=O) groups is 1. The van der Waals surface area contributed by atoms with Gasteiger partial charge in [0, 0.05) is 30.1 Å². The molecule has 6 nitrogen and oxygen atoms in total. The minimum absolute atomic E-state index is 0.00606. The van der Waals surface area contributed by atoms with Crippen LogP contribution in [0.15, 0.2) is 72.8 Å². The third-order valence-electron chi connectivity index (χ3n) is 6.05. The van der Waals surface area contributed by atoms with Crippen molar-refractivity contribution in [3.05, 3.63) is 106 Å². The number of amides is 1. The second-order valence-corrected chi connectivity index (χ2v) is 8.34. The van der Waals surface area contributed by atoms with Gasteiger partial charge in [0.2, 0.25) is 5.88 Å². The molecule has 4 aromatic rings. The van der Waals surface area contributed by atoms with Gasteiger partial charge < -0.3 is 14.4 Å². The van der Waals surface area contributed by atoms with Crippen LogP contribution in [0.2, 0.25) is 0 Å². The zero-order valence-corrected chi connectivity index (χ0v) is 18.9. The minimum Gasteiger partial charge on any atom is -0.473 e. The largest absolute Gasteiger partial charge is 0.473 e. The fourth-order valence-electron chi connectivity index (χ4n) is 4.16. The van der Waals surface area contributed by atoms with E-state index in [4.69, 9.17) is 14.7 Å². The molecule has 1 aliphatic heterocycles. The Bertz CT molecular complexity index is 1430. The number of pyridine rings is 1. The van der Waals surface area contributed by atoms with Crippen LogP contribution < -0.4 is 4.74 Å². The third kappa shape index (κ3) is 4.92. The smallest absolute Gasteiger partial charge is 0.410 e. The minimum atomic E-state index is -0.485. The van der Waals surface area contributed by atoms with Gasteiger partial charge in [0.25, 0.3) is 0 Å². The van der Waals surface area contributed by atoms with Crippen LogP contribution in [0, 0.1) is 17.1 Å². The van der Waals surface area contributed by atoms with Crippen molar-refractivity contribution in [3.63, 3.8) is 0 Å². The Hall–Kier alpha value is -4.44. The van der Waals surface area contributed by atoms with E-state index >= 15 is 0 Å².